The van der Waals surface area contributed by atoms with Crippen LogP contribution in [0.15, 0.2) is 42.5 Å². The van der Waals surface area contributed by atoms with E-state index < -0.39 is 0 Å². The van der Waals surface area contributed by atoms with Gasteiger partial charge < -0.3 is 14.4 Å². The van der Waals surface area contributed by atoms with Gasteiger partial charge in [0.2, 0.25) is 5.91 Å². The van der Waals surface area contributed by atoms with Crippen LogP contribution >= 0.6 is 0 Å². The molecule has 1 heterocycles. The largest absolute Gasteiger partial charge is 0.497 e. The third-order valence-electron chi connectivity index (χ3n) is 4.90. The molecule has 3 rings (SSSR count). The second-order valence-corrected chi connectivity index (χ2v) is 6.70. The second kappa shape index (κ2) is 7.79. The van der Waals surface area contributed by atoms with E-state index in [4.69, 9.17) is 9.47 Å². The van der Waals surface area contributed by atoms with Crippen LogP contribution in [0.4, 0.5) is 5.69 Å². The van der Waals surface area contributed by atoms with Crippen molar-refractivity contribution in [2.45, 2.75) is 26.4 Å². The van der Waals surface area contributed by atoms with Crippen molar-refractivity contribution in [3.63, 3.8) is 0 Å². The van der Waals surface area contributed by atoms with E-state index in [0.717, 1.165) is 18.8 Å². The van der Waals surface area contributed by atoms with E-state index in [-0.39, 0.29) is 11.9 Å². The Hall–Kier alpha value is -2.53. The summed E-state index contributed by atoms with van der Waals surface area (Å²) in [6.07, 6.45) is 0. The Kier molecular flexibility index (Phi) is 5.47. The molecule has 26 heavy (non-hydrogen) atoms. The first-order chi connectivity index (χ1) is 12.5. The number of aryl methyl sites for hydroxylation is 1. The van der Waals surface area contributed by atoms with Crippen molar-refractivity contribution >= 4 is 11.6 Å². The molecule has 1 saturated heterocycles. The Bertz CT molecular complexity index is 768. The molecule has 0 saturated carbocycles. The fraction of sp³-hybridized carbons (Fsp3) is 0.381. The van der Waals surface area contributed by atoms with Crippen LogP contribution < -0.4 is 14.4 Å². The lowest BCUT2D eigenvalue weighted by Gasteiger charge is -2.39. The standard InChI is InChI=1S/C21H26N2O3/c1-15-6-5-7-17(10-15)14-22-8-9-23(21(24)16(22)2)18-11-19(25-3)13-20(12-18)26-4/h5-7,10-13,16H,8-9,14H2,1-4H3. The van der Waals surface area contributed by atoms with E-state index in [0.29, 0.717) is 18.0 Å². The average Bonchev–Trinajstić information content (AvgIpc) is 2.65. The van der Waals surface area contributed by atoms with Gasteiger partial charge in [-0.15, -0.1) is 0 Å². The number of hydrogen-bond donors (Lipinski definition) is 0. The number of amides is 1. The van der Waals surface area contributed by atoms with Crippen LogP contribution in [0.5, 0.6) is 11.5 Å². The molecule has 1 aliphatic rings. The van der Waals surface area contributed by atoms with Crippen LogP contribution in [0, 0.1) is 6.92 Å². The molecule has 0 aliphatic carbocycles. The van der Waals surface area contributed by atoms with E-state index in [2.05, 4.69) is 36.1 Å². The van der Waals surface area contributed by atoms with E-state index in [9.17, 15) is 4.79 Å². The molecular formula is C21H26N2O3. The normalized spacial score (nSPS) is 18.1. The van der Waals surface area contributed by atoms with E-state index >= 15 is 0 Å². The number of piperazine rings is 1. The van der Waals surface area contributed by atoms with Crippen molar-refractivity contribution in [3.05, 3.63) is 53.6 Å². The lowest BCUT2D eigenvalue weighted by molar-refractivity contribution is -0.125. The van der Waals surface area contributed by atoms with Gasteiger partial charge in [-0.25, -0.2) is 0 Å². The number of anilines is 1. The van der Waals surface area contributed by atoms with Crippen molar-refractivity contribution in [3.8, 4) is 11.5 Å². The number of nitrogens with zero attached hydrogens (tertiary/aromatic N) is 2. The molecular weight excluding hydrogens is 328 g/mol. The molecule has 1 amide bonds. The number of benzene rings is 2. The smallest absolute Gasteiger partial charge is 0.244 e. The fourth-order valence-corrected chi connectivity index (χ4v) is 3.38. The highest BCUT2D eigenvalue weighted by atomic mass is 16.5. The number of ether oxygens (including phenoxy) is 2. The number of carbonyl (C=O) groups is 1. The fourth-order valence-electron chi connectivity index (χ4n) is 3.38. The Morgan fingerprint density at radius 2 is 1.73 bits per heavy atom. The van der Waals surface area contributed by atoms with E-state index in [1.165, 1.54) is 11.1 Å². The zero-order valence-corrected chi connectivity index (χ0v) is 15.9. The number of hydrogen-bond acceptors (Lipinski definition) is 4. The summed E-state index contributed by atoms with van der Waals surface area (Å²) in [6, 6.07) is 13.8. The summed E-state index contributed by atoms with van der Waals surface area (Å²) in [5.74, 6) is 1.46. The summed E-state index contributed by atoms with van der Waals surface area (Å²) in [4.78, 5) is 17.0. The van der Waals surface area contributed by atoms with Crippen molar-refractivity contribution < 1.29 is 14.3 Å². The molecule has 0 bridgehead atoms. The highest BCUT2D eigenvalue weighted by Crippen LogP contribution is 2.30. The molecule has 138 valence electrons. The summed E-state index contributed by atoms with van der Waals surface area (Å²) >= 11 is 0. The Balaban J connectivity index is 1.77. The Labute approximate surface area is 155 Å². The van der Waals surface area contributed by atoms with Gasteiger partial charge in [-0.2, -0.15) is 0 Å². The number of rotatable bonds is 5. The third kappa shape index (κ3) is 3.83. The van der Waals surface area contributed by atoms with Crippen molar-refractivity contribution in [2.24, 2.45) is 0 Å². The van der Waals surface area contributed by atoms with Gasteiger partial charge >= 0.3 is 0 Å². The molecule has 1 atom stereocenters. The molecule has 2 aromatic rings. The van der Waals surface area contributed by atoms with Crippen LogP contribution in [-0.2, 0) is 11.3 Å². The molecule has 1 fully saturated rings. The molecule has 5 heteroatoms. The minimum atomic E-state index is -0.179. The zero-order valence-electron chi connectivity index (χ0n) is 15.9. The SMILES string of the molecule is COc1cc(OC)cc(N2CCN(Cc3cccc(C)c3)C(C)C2=O)c1. The maximum atomic E-state index is 13.0. The van der Waals surface area contributed by atoms with Gasteiger partial charge in [0.25, 0.3) is 0 Å². The quantitative estimate of drug-likeness (QED) is 0.827. The predicted octanol–water partition coefficient (Wildman–Crippen LogP) is 3.25. The maximum Gasteiger partial charge on any atom is 0.244 e. The van der Waals surface area contributed by atoms with Crippen LogP contribution in [0.1, 0.15) is 18.1 Å². The lowest BCUT2D eigenvalue weighted by Crippen LogP contribution is -2.55. The first-order valence-corrected chi connectivity index (χ1v) is 8.86. The van der Waals surface area contributed by atoms with Gasteiger partial charge in [0.1, 0.15) is 11.5 Å². The summed E-state index contributed by atoms with van der Waals surface area (Å²) in [6.45, 7) is 6.31. The predicted molar refractivity (Wildman–Crippen MR) is 103 cm³/mol. The highest BCUT2D eigenvalue weighted by molar-refractivity contribution is 5.98. The third-order valence-corrected chi connectivity index (χ3v) is 4.90. The molecule has 5 nitrogen and oxygen atoms in total. The molecule has 0 aromatic heterocycles. The molecule has 0 radical (unpaired) electrons. The number of carbonyl (C=O) groups excluding carboxylic acids is 1. The Morgan fingerprint density at radius 3 is 2.35 bits per heavy atom. The van der Waals surface area contributed by atoms with Gasteiger partial charge in [-0.3, -0.25) is 9.69 Å². The molecule has 1 unspecified atom stereocenters. The van der Waals surface area contributed by atoms with Gasteiger partial charge in [0.15, 0.2) is 0 Å². The molecule has 0 N–H and O–H groups in total. The Morgan fingerprint density at radius 1 is 1.04 bits per heavy atom. The summed E-state index contributed by atoms with van der Waals surface area (Å²) in [5.41, 5.74) is 3.29. The van der Waals surface area contributed by atoms with Gasteiger partial charge in [-0.1, -0.05) is 29.8 Å². The van der Waals surface area contributed by atoms with Crippen LogP contribution in [0.3, 0.4) is 0 Å². The second-order valence-electron chi connectivity index (χ2n) is 6.70. The number of methoxy groups -OCH3 is 2. The van der Waals surface area contributed by atoms with Gasteiger partial charge in [0.05, 0.1) is 25.9 Å². The minimum absolute atomic E-state index is 0.0965. The van der Waals surface area contributed by atoms with E-state index in [1.807, 2.05) is 30.0 Å². The monoisotopic (exact) mass is 354 g/mol. The maximum absolute atomic E-state index is 13.0. The van der Waals surface area contributed by atoms with Gasteiger partial charge in [0, 0.05) is 37.8 Å². The summed E-state index contributed by atoms with van der Waals surface area (Å²) in [7, 11) is 3.23. The van der Waals surface area contributed by atoms with Crippen LogP contribution in [0.25, 0.3) is 0 Å². The minimum Gasteiger partial charge on any atom is -0.497 e. The highest BCUT2D eigenvalue weighted by Gasteiger charge is 2.32. The van der Waals surface area contributed by atoms with Crippen molar-refractivity contribution in [1.82, 2.24) is 4.90 Å². The summed E-state index contributed by atoms with van der Waals surface area (Å²) in [5, 5.41) is 0. The van der Waals surface area contributed by atoms with Crippen molar-refractivity contribution in [1.29, 1.82) is 0 Å². The van der Waals surface area contributed by atoms with Crippen LogP contribution in [-0.4, -0.2) is 44.2 Å². The zero-order chi connectivity index (χ0) is 18.7. The summed E-state index contributed by atoms with van der Waals surface area (Å²) < 4.78 is 10.7. The van der Waals surface area contributed by atoms with E-state index in [1.54, 1.807) is 14.2 Å². The molecule has 2 aromatic carbocycles. The lowest BCUT2D eigenvalue weighted by atomic mass is 10.1. The molecule has 0 spiro atoms. The first kappa shape index (κ1) is 18.3. The average molecular weight is 354 g/mol. The van der Waals surface area contributed by atoms with Crippen LogP contribution in [0.2, 0.25) is 0 Å². The van der Waals surface area contributed by atoms with Crippen molar-refractivity contribution in [2.75, 3.05) is 32.2 Å². The van der Waals surface area contributed by atoms with Gasteiger partial charge in [-0.05, 0) is 19.4 Å². The topological polar surface area (TPSA) is 42.0 Å². The molecule has 1 aliphatic heterocycles. The first-order valence-electron chi connectivity index (χ1n) is 8.86.